The molecule has 1 rings (SSSR count). The molecule has 0 saturated heterocycles. The number of hydrogen-bond acceptors (Lipinski definition) is 3. The van der Waals surface area contributed by atoms with Crippen LogP contribution in [-0.4, -0.2) is 25.6 Å². The minimum atomic E-state index is -0.0611. The summed E-state index contributed by atoms with van der Waals surface area (Å²) in [4.78, 5) is 11.8. The Morgan fingerprint density at radius 3 is 2.84 bits per heavy atom. The number of amides is 1. The van der Waals surface area contributed by atoms with Gasteiger partial charge in [-0.2, -0.15) is 0 Å². The van der Waals surface area contributed by atoms with Gasteiger partial charge < -0.3 is 15.8 Å². The molecule has 0 unspecified atom stereocenters. The summed E-state index contributed by atoms with van der Waals surface area (Å²) in [5.74, 6) is 0.681. The highest BCUT2D eigenvalue weighted by Crippen LogP contribution is 2.13. The molecule has 0 heterocycles. The summed E-state index contributed by atoms with van der Waals surface area (Å²) in [5, 5.41) is 2.87. The van der Waals surface area contributed by atoms with Gasteiger partial charge in [0.2, 0.25) is 0 Å². The number of carbonyl (C=O) groups excluding carboxylic acids is 1. The second-order valence-corrected chi connectivity index (χ2v) is 4.13. The van der Waals surface area contributed by atoms with Gasteiger partial charge in [0.15, 0.2) is 0 Å². The van der Waals surface area contributed by atoms with Crippen molar-refractivity contribution in [1.29, 1.82) is 0 Å². The third kappa shape index (κ3) is 7.03. The maximum atomic E-state index is 11.8. The van der Waals surface area contributed by atoms with Crippen LogP contribution in [0.4, 0.5) is 0 Å². The molecule has 4 nitrogen and oxygen atoms in total. The Balaban J connectivity index is 0.00000324. The molecule has 0 radical (unpaired) electrons. The van der Waals surface area contributed by atoms with E-state index in [4.69, 9.17) is 10.5 Å². The quantitative estimate of drug-likeness (QED) is 0.721. The van der Waals surface area contributed by atoms with E-state index in [0.29, 0.717) is 25.3 Å². The third-order valence-electron chi connectivity index (χ3n) is 2.49. The molecule has 0 atom stereocenters. The summed E-state index contributed by atoms with van der Waals surface area (Å²) in [6, 6.07) is 7.26. The first kappa shape index (κ1) is 17.7. The summed E-state index contributed by atoms with van der Waals surface area (Å²) in [5.41, 5.74) is 6.03. The van der Waals surface area contributed by atoms with Crippen LogP contribution in [0.25, 0.3) is 0 Å². The summed E-state index contributed by atoms with van der Waals surface area (Å²) in [7, 11) is 0. The number of benzene rings is 1. The Bertz CT molecular complexity index is 372. The highest BCUT2D eigenvalue weighted by molar-refractivity contribution is 5.94. The molecular formula is C14H23ClN2O2. The van der Waals surface area contributed by atoms with Gasteiger partial charge in [-0.1, -0.05) is 13.0 Å². The lowest BCUT2D eigenvalue weighted by Gasteiger charge is -2.07. The predicted octanol–water partition coefficient (Wildman–Crippen LogP) is 2.37. The van der Waals surface area contributed by atoms with E-state index in [1.54, 1.807) is 12.1 Å². The molecule has 1 amide bonds. The van der Waals surface area contributed by atoms with Gasteiger partial charge in [-0.05, 0) is 44.0 Å². The Kier molecular flexibility index (Phi) is 9.94. The first-order chi connectivity index (χ1) is 8.77. The van der Waals surface area contributed by atoms with E-state index in [1.807, 2.05) is 19.1 Å². The molecule has 0 aromatic heterocycles. The summed E-state index contributed by atoms with van der Waals surface area (Å²) < 4.78 is 5.49. The molecule has 0 aliphatic carbocycles. The number of halogens is 1. The lowest BCUT2D eigenvalue weighted by atomic mass is 10.2. The number of nitrogens with one attached hydrogen (secondary N) is 1. The van der Waals surface area contributed by atoms with E-state index >= 15 is 0 Å². The summed E-state index contributed by atoms with van der Waals surface area (Å²) >= 11 is 0. The molecule has 108 valence electrons. The number of hydrogen-bond donors (Lipinski definition) is 2. The van der Waals surface area contributed by atoms with Crippen molar-refractivity contribution in [2.24, 2.45) is 5.73 Å². The summed E-state index contributed by atoms with van der Waals surface area (Å²) in [6.07, 6.45) is 2.80. The minimum absolute atomic E-state index is 0. The van der Waals surface area contributed by atoms with Gasteiger partial charge in [-0.3, -0.25) is 4.79 Å². The van der Waals surface area contributed by atoms with Gasteiger partial charge in [0.05, 0.1) is 6.61 Å². The number of carbonyl (C=O) groups is 1. The van der Waals surface area contributed by atoms with Crippen molar-refractivity contribution in [2.75, 3.05) is 19.7 Å². The van der Waals surface area contributed by atoms with Gasteiger partial charge in [-0.15, -0.1) is 12.4 Å². The number of rotatable bonds is 8. The average Bonchev–Trinajstić information content (AvgIpc) is 2.41. The van der Waals surface area contributed by atoms with Crippen molar-refractivity contribution in [1.82, 2.24) is 5.32 Å². The zero-order valence-corrected chi connectivity index (χ0v) is 12.2. The zero-order valence-electron chi connectivity index (χ0n) is 11.4. The maximum absolute atomic E-state index is 11.8. The molecule has 19 heavy (non-hydrogen) atoms. The van der Waals surface area contributed by atoms with Crippen LogP contribution in [0.15, 0.2) is 24.3 Å². The van der Waals surface area contributed by atoms with Crippen LogP contribution in [0.1, 0.15) is 36.5 Å². The highest BCUT2D eigenvalue weighted by atomic mass is 35.5. The van der Waals surface area contributed by atoms with E-state index in [9.17, 15) is 4.79 Å². The van der Waals surface area contributed by atoms with E-state index in [1.165, 1.54) is 0 Å². The Morgan fingerprint density at radius 1 is 1.37 bits per heavy atom. The first-order valence-electron chi connectivity index (χ1n) is 6.49. The number of unbranched alkanes of at least 4 members (excludes halogenated alkanes) is 1. The molecule has 0 saturated carbocycles. The fourth-order valence-electron chi connectivity index (χ4n) is 1.52. The smallest absolute Gasteiger partial charge is 0.251 e. The predicted molar refractivity (Wildman–Crippen MR) is 80.1 cm³/mol. The van der Waals surface area contributed by atoms with Crippen molar-refractivity contribution in [2.45, 2.75) is 26.2 Å². The van der Waals surface area contributed by atoms with Crippen molar-refractivity contribution in [3.05, 3.63) is 29.8 Å². The second kappa shape index (κ2) is 10.6. The van der Waals surface area contributed by atoms with Crippen molar-refractivity contribution < 1.29 is 9.53 Å². The van der Waals surface area contributed by atoms with Crippen molar-refractivity contribution in [3.8, 4) is 5.75 Å². The SMILES string of the molecule is CCCOc1cccc(C(=O)NCCCCN)c1.Cl. The van der Waals surface area contributed by atoms with Crippen LogP contribution in [0, 0.1) is 0 Å². The molecule has 0 fully saturated rings. The topological polar surface area (TPSA) is 64.3 Å². The molecule has 1 aromatic rings. The fraction of sp³-hybridized carbons (Fsp3) is 0.500. The van der Waals surface area contributed by atoms with E-state index < -0.39 is 0 Å². The molecule has 0 bridgehead atoms. The molecule has 0 aliphatic rings. The Morgan fingerprint density at radius 2 is 2.16 bits per heavy atom. The molecule has 5 heteroatoms. The monoisotopic (exact) mass is 286 g/mol. The second-order valence-electron chi connectivity index (χ2n) is 4.13. The van der Waals surface area contributed by atoms with Gasteiger partial charge in [0, 0.05) is 12.1 Å². The standard InChI is InChI=1S/C14H22N2O2.ClH/c1-2-10-18-13-7-5-6-12(11-13)14(17)16-9-4-3-8-15;/h5-7,11H,2-4,8-10,15H2,1H3,(H,16,17);1H. The summed E-state index contributed by atoms with van der Waals surface area (Å²) in [6.45, 7) is 4.04. The van der Waals surface area contributed by atoms with Crippen molar-refractivity contribution in [3.63, 3.8) is 0 Å². The number of nitrogens with two attached hydrogens (primary N) is 1. The van der Waals surface area contributed by atoms with Crippen LogP contribution < -0.4 is 15.8 Å². The third-order valence-corrected chi connectivity index (χ3v) is 2.49. The first-order valence-corrected chi connectivity index (χ1v) is 6.49. The minimum Gasteiger partial charge on any atom is -0.494 e. The average molecular weight is 287 g/mol. The highest BCUT2D eigenvalue weighted by Gasteiger charge is 2.05. The van der Waals surface area contributed by atoms with Gasteiger partial charge in [0.25, 0.3) is 5.91 Å². The largest absolute Gasteiger partial charge is 0.494 e. The Labute approximate surface area is 121 Å². The number of ether oxygens (including phenoxy) is 1. The fourth-order valence-corrected chi connectivity index (χ4v) is 1.52. The van der Waals surface area contributed by atoms with E-state index in [2.05, 4.69) is 5.32 Å². The molecule has 3 N–H and O–H groups in total. The van der Waals surface area contributed by atoms with E-state index in [0.717, 1.165) is 25.0 Å². The molecule has 1 aromatic carbocycles. The van der Waals surface area contributed by atoms with Crippen LogP contribution in [-0.2, 0) is 0 Å². The Hall–Kier alpha value is -1.26. The van der Waals surface area contributed by atoms with Crippen LogP contribution in [0.3, 0.4) is 0 Å². The normalized spacial score (nSPS) is 9.58. The zero-order chi connectivity index (χ0) is 13.2. The van der Waals surface area contributed by atoms with Crippen molar-refractivity contribution >= 4 is 18.3 Å². The van der Waals surface area contributed by atoms with Crippen LogP contribution in [0.5, 0.6) is 5.75 Å². The van der Waals surface area contributed by atoms with Gasteiger partial charge >= 0.3 is 0 Å². The van der Waals surface area contributed by atoms with Gasteiger partial charge in [-0.25, -0.2) is 0 Å². The van der Waals surface area contributed by atoms with Crippen LogP contribution in [0.2, 0.25) is 0 Å². The lowest BCUT2D eigenvalue weighted by Crippen LogP contribution is -2.24. The lowest BCUT2D eigenvalue weighted by molar-refractivity contribution is 0.0952. The van der Waals surface area contributed by atoms with Crippen LogP contribution >= 0.6 is 12.4 Å². The van der Waals surface area contributed by atoms with Gasteiger partial charge in [0.1, 0.15) is 5.75 Å². The molecular weight excluding hydrogens is 264 g/mol. The molecule has 0 aliphatic heterocycles. The van der Waals surface area contributed by atoms with E-state index in [-0.39, 0.29) is 18.3 Å². The molecule has 0 spiro atoms. The maximum Gasteiger partial charge on any atom is 0.251 e.